The lowest BCUT2D eigenvalue weighted by atomic mass is 10.2. The molecule has 0 radical (unpaired) electrons. The van der Waals surface area contributed by atoms with Crippen molar-refractivity contribution in [1.82, 2.24) is 4.57 Å². The Morgan fingerprint density at radius 3 is 2.57 bits per heavy atom. The fourth-order valence-electron chi connectivity index (χ4n) is 2.17. The second-order valence-corrected chi connectivity index (χ2v) is 8.57. The fourth-order valence-corrected chi connectivity index (χ4v) is 5.41. The first-order valence-corrected chi connectivity index (χ1v) is 9.91. The first kappa shape index (κ1) is 16.7. The van der Waals surface area contributed by atoms with Crippen molar-refractivity contribution in [3.8, 4) is 5.75 Å². The minimum absolute atomic E-state index is 0.117. The molecule has 4 nitrogen and oxygen atoms in total. The quantitative estimate of drug-likeness (QED) is 0.566. The molecular weight excluding hydrogens is 398 g/mol. The smallest absolute Gasteiger partial charge is 0.331 e. The van der Waals surface area contributed by atoms with E-state index in [0.29, 0.717) is 10.3 Å². The average molecular weight is 412 g/mol. The molecule has 1 aromatic carbocycles. The molecule has 0 unspecified atom stereocenters. The molecule has 1 aromatic heterocycles. The molecule has 0 bridgehead atoms. The van der Waals surface area contributed by atoms with Crippen molar-refractivity contribution in [2.24, 2.45) is 0 Å². The second-order valence-electron chi connectivity index (χ2n) is 4.93. The van der Waals surface area contributed by atoms with Gasteiger partial charge in [-0.1, -0.05) is 12.1 Å². The molecule has 0 N–H and O–H groups in total. The molecule has 3 rings (SSSR count). The highest BCUT2D eigenvalue weighted by molar-refractivity contribution is 9.10. The van der Waals surface area contributed by atoms with Crippen LogP contribution in [-0.4, -0.2) is 22.0 Å². The molecule has 1 saturated heterocycles. The number of hydrogen-bond donors (Lipinski definition) is 0. The molecule has 0 aliphatic carbocycles. The third-order valence-corrected chi connectivity index (χ3v) is 6.83. The highest BCUT2D eigenvalue weighted by atomic mass is 79.9. The van der Waals surface area contributed by atoms with Crippen molar-refractivity contribution >= 4 is 45.4 Å². The minimum atomic E-state index is -0.470. The van der Waals surface area contributed by atoms with E-state index in [2.05, 4.69) is 15.9 Å². The molecule has 7 heteroatoms. The van der Waals surface area contributed by atoms with Crippen LogP contribution in [0.15, 0.2) is 51.9 Å². The zero-order chi connectivity index (χ0) is 16.2. The van der Waals surface area contributed by atoms with Gasteiger partial charge in [0.15, 0.2) is 0 Å². The highest BCUT2D eigenvalue weighted by Crippen LogP contribution is 2.45. The van der Waals surface area contributed by atoms with Gasteiger partial charge in [0.25, 0.3) is 5.56 Å². The van der Waals surface area contributed by atoms with Crippen LogP contribution in [0.1, 0.15) is 10.1 Å². The Bertz CT molecular complexity index is 755. The number of esters is 1. The van der Waals surface area contributed by atoms with Crippen LogP contribution in [0.25, 0.3) is 0 Å². The normalized spacial score (nSPS) is 14.8. The van der Waals surface area contributed by atoms with Crippen LogP contribution in [-0.2, 0) is 11.3 Å². The van der Waals surface area contributed by atoms with Gasteiger partial charge in [-0.3, -0.25) is 4.79 Å². The number of hydrogen-bond acceptors (Lipinski definition) is 5. The van der Waals surface area contributed by atoms with Crippen LogP contribution < -0.4 is 10.3 Å². The van der Waals surface area contributed by atoms with Crippen molar-refractivity contribution in [1.29, 1.82) is 0 Å². The van der Waals surface area contributed by atoms with Crippen LogP contribution in [0, 0.1) is 0 Å². The van der Waals surface area contributed by atoms with E-state index in [1.807, 2.05) is 35.7 Å². The van der Waals surface area contributed by atoms with E-state index in [4.69, 9.17) is 4.74 Å². The number of pyridine rings is 1. The van der Waals surface area contributed by atoms with E-state index in [1.54, 1.807) is 24.4 Å². The lowest BCUT2D eigenvalue weighted by Gasteiger charge is -2.10. The number of carbonyl (C=O) groups is 1. The average Bonchev–Trinajstić information content (AvgIpc) is 3.06. The Labute approximate surface area is 150 Å². The molecule has 1 fully saturated rings. The molecule has 0 spiro atoms. The SMILES string of the molecule is O=C(Cn1cc(Br)ccc1=O)Oc1ccc(C2SCCS2)cc1. The molecule has 0 amide bonds. The minimum Gasteiger partial charge on any atom is -0.425 e. The summed E-state index contributed by atoms with van der Waals surface area (Å²) in [5.74, 6) is 2.37. The molecule has 1 aliphatic rings. The predicted octanol–water partition coefficient (Wildman–Crippen LogP) is 3.70. The lowest BCUT2D eigenvalue weighted by Crippen LogP contribution is -2.25. The number of thioether (sulfide) groups is 2. The van der Waals surface area contributed by atoms with Crippen LogP contribution in [0.4, 0.5) is 0 Å². The first-order chi connectivity index (χ1) is 11.1. The van der Waals surface area contributed by atoms with E-state index < -0.39 is 5.97 Å². The number of halogens is 1. The summed E-state index contributed by atoms with van der Waals surface area (Å²) in [7, 11) is 0. The molecule has 23 heavy (non-hydrogen) atoms. The number of carbonyl (C=O) groups excluding carboxylic acids is 1. The van der Waals surface area contributed by atoms with E-state index in [9.17, 15) is 9.59 Å². The summed E-state index contributed by atoms with van der Waals surface area (Å²) in [5.41, 5.74) is 0.997. The molecular formula is C16H14BrNO3S2. The summed E-state index contributed by atoms with van der Waals surface area (Å²) >= 11 is 7.14. The van der Waals surface area contributed by atoms with Crippen molar-refractivity contribution in [3.63, 3.8) is 0 Å². The predicted molar refractivity (Wildman–Crippen MR) is 98.1 cm³/mol. The standard InChI is InChI=1S/C16H14BrNO3S2/c17-12-3-6-14(19)18(9-12)10-15(20)21-13-4-1-11(2-5-13)16-22-7-8-23-16/h1-6,9,16H,7-8,10H2. The van der Waals surface area contributed by atoms with Crippen LogP contribution in [0.5, 0.6) is 5.75 Å². The van der Waals surface area contributed by atoms with E-state index in [0.717, 1.165) is 4.47 Å². The zero-order valence-corrected chi connectivity index (χ0v) is 15.3. The van der Waals surface area contributed by atoms with Gasteiger partial charge in [-0.25, -0.2) is 4.79 Å². The first-order valence-electron chi connectivity index (χ1n) is 7.02. The third kappa shape index (κ3) is 4.43. The molecule has 0 saturated carbocycles. The summed E-state index contributed by atoms with van der Waals surface area (Å²) in [5, 5.41) is 0. The van der Waals surface area contributed by atoms with E-state index >= 15 is 0 Å². The molecule has 120 valence electrons. The van der Waals surface area contributed by atoms with Gasteiger partial charge in [-0.15, -0.1) is 23.5 Å². The summed E-state index contributed by atoms with van der Waals surface area (Å²) in [6.45, 7) is -0.117. The van der Waals surface area contributed by atoms with Crippen LogP contribution in [0.2, 0.25) is 0 Å². The van der Waals surface area contributed by atoms with Gasteiger partial charge in [-0.05, 0) is 39.7 Å². The number of benzene rings is 1. The Hall–Kier alpha value is -1.18. The monoisotopic (exact) mass is 411 g/mol. The van der Waals surface area contributed by atoms with Crippen molar-refractivity contribution in [2.75, 3.05) is 11.5 Å². The Balaban J connectivity index is 1.63. The van der Waals surface area contributed by atoms with E-state index in [1.165, 1.54) is 27.7 Å². The van der Waals surface area contributed by atoms with Gasteiger partial charge in [0.1, 0.15) is 12.3 Å². The maximum absolute atomic E-state index is 12.0. The fraction of sp³-hybridized carbons (Fsp3) is 0.250. The topological polar surface area (TPSA) is 48.3 Å². The van der Waals surface area contributed by atoms with Crippen molar-refractivity contribution in [3.05, 3.63) is 63.0 Å². The lowest BCUT2D eigenvalue weighted by molar-refractivity contribution is -0.135. The van der Waals surface area contributed by atoms with Gasteiger partial charge in [0, 0.05) is 28.2 Å². The van der Waals surface area contributed by atoms with Crippen molar-refractivity contribution in [2.45, 2.75) is 11.1 Å². The highest BCUT2D eigenvalue weighted by Gasteiger charge is 2.18. The summed E-state index contributed by atoms with van der Waals surface area (Å²) in [6.07, 6.45) is 1.57. The maximum Gasteiger partial charge on any atom is 0.331 e. The number of aromatic nitrogens is 1. The largest absolute Gasteiger partial charge is 0.425 e. The van der Waals surface area contributed by atoms with Crippen molar-refractivity contribution < 1.29 is 9.53 Å². The second kappa shape index (κ2) is 7.59. The van der Waals surface area contributed by atoms with Gasteiger partial charge in [0.2, 0.25) is 0 Å². The van der Waals surface area contributed by atoms with Gasteiger partial charge in [-0.2, -0.15) is 0 Å². The molecule has 2 aromatic rings. The van der Waals surface area contributed by atoms with Gasteiger partial charge in [0.05, 0.1) is 4.58 Å². The Morgan fingerprint density at radius 2 is 1.87 bits per heavy atom. The zero-order valence-electron chi connectivity index (χ0n) is 12.1. The summed E-state index contributed by atoms with van der Waals surface area (Å²) in [4.78, 5) is 23.7. The maximum atomic E-state index is 12.0. The molecule has 1 aliphatic heterocycles. The third-order valence-electron chi connectivity index (χ3n) is 3.25. The Morgan fingerprint density at radius 1 is 1.17 bits per heavy atom. The number of nitrogens with zero attached hydrogens (tertiary/aromatic N) is 1. The van der Waals surface area contributed by atoms with E-state index in [-0.39, 0.29) is 12.1 Å². The molecule has 2 heterocycles. The number of rotatable bonds is 4. The van der Waals surface area contributed by atoms with Gasteiger partial charge >= 0.3 is 5.97 Å². The molecule has 0 atom stereocenters. The summed E-state index contributed by atoms with van der Waals surface area (Å²) < 4.78 is 7.82. The van der Waals surface area contributed by atoms with Crippen LogP contribution in [0.3, 0.4) is 0 Å². The van der Waals surface area contributed by atoms with Crippen LogP contribution >= 0.6 is 39.5 Å². The Kier molecular flexibility index (Phi) is 5.50. The van der Waals surface area contributed by atoms with Gasteiger partial charge < -0.3 is 9.30 Å². The number of ether oxygens (including phenoxy) is 1. The summed E-state index contributed by atoms with van der Waals surface area (Å²) in [6, 6.07) is 10.6.